The molecule has 156 valence electrons. The quantitative estimate of drug-likeness (QED) is 0.562. The number of urea groups is 1. The first-order chi connectivity index (χ1) is 13.9. The number of para-hydroxylation sites is 1. The van der Waals surface area contributed by atoms with Crippen molar-refractivity contribution in [3.63, 3.8) is 0 Å². The summed E-state index contributed by atoms with van der Waals surface area (Å²) in [5.74, 6) is -1.65. The smallest absolute Gasteiger partial charge is 0.326 e. The molecule has 1 aromatic carbocycles. The predicted octanol–water partition coefficient (Wildman–Crippen LogP) is 2.23. The van der Waals surface area contributed by atoms with Crippen molar-refractivity contribution in [1.82, 2.24) is 10.2 Å². The Morgan fingerprint density at radius 1 is 1.28 bits per heavy atom. The van der Waals surface area contributed by atoms with Crippen molar-refractivity contribution in [3.8, 4) is 0 Å². The van der Waals surface area contributed by atoms with Gasteiger partial charge in [-0.15, -0.1) is 0 Å². The van der Waals surface area contributed by atoms with E-state index in [1.807, 2.05) is 26.0 Å². The van der Waals surface area contributed by atoms with Gasteiger partial charge in [-0.2, -0.15) is 0 Å². The Kier molecular flexibility index (Phi) is 6.20. The Bertz CT molecular complexity index is 824. The first-order valence-electron chi connectivity index (χ1n) is 10.0. The van der Waals surface area contributed by atoms with E-state index in [0.717, 1.165) is 36.1 Å². The van der Waals surface area contributed by atoms with Crippen molar-refractivity contribution in [1.29, 1.82) is 0 Å². The highest BCUT2D eigenvalue weighted by atomic mass is 16.5. The van der Waals surface area contributed by atoms with E-state index in [1.165, 1.54) is 0 Å². The molecule has 1 saturated carbocycles. The van der Waals surface area contributed by atoms with Crippen LogP contribution in [0, 0.1) is 5.92 Å². The molecule has 4 amide bonds. The zero-order valence-electron chi connectivity index (χ0n) is 16.8. The van der Waals surface area contributed by atoms with E-state index in [2.05, 4.69) is 10.6 Å². The van der Waals surface area contributed by atoms with E-state index < -0.39 is 36.6 Å². The largest absolute Gasteiger partial charge is 0.454 e. The van der Waals surface area contributed by atoms with E-state index in [4.69, 9.17) is 4.74 Å². The molecule has 1 aromatic rings. The number of imide groups is 1. The van der Waals surface area contributed by atoms with Gasteiger partial charge in [0.25, 0.3) is 11.8 Å². The van der Waals surface area contributed by atoms with Gasteiger partial charge in [0.1, 0.15) is 12.1 Å². The summed E-state index contributed by atoms with van der Waals surface area (Å²) in [6.45, 7) is 2.93. The maximum atomic E-state index is 12.8. The number of carbonyl (C=O) groups is 4. The molecular weight excluding hydrogens is 374 g/mol. The van der Waals surface area contributed by atoms with Crippen molar-refractivity contribution in [2.75, 3.05) is 18.5 Å². The fourth-order valence-corrected chi connectivity index (χ4v) is 4.10. The van der Waals surface area contributed by atoms with Gasteiger partial charge >= 0.3 is 12.0 Å². The van der Waals surface area contributed by atoms with E-state index in [-0.39, 0.29) is 11.8 Å². The summed E-state index contributed by atoms with van der Waals surface area (Å²) in [6.07, 6.45) is 4.05. The number of hydrogen-bond donors (Lipinski definition) is 2. The number of nitrogens with one attached hydrogen (secondary N) is 2. The summed E-state index contributed by atoms with van der Waals surface area (Å²) in [5, 5.41) is 5.49. The second kappa shape index (κ2) is 8.63. The Morgan fingerprint density at radius 2 is 2.03 bits per heavy atom. The third-order valence-electron chi connectivity index (χ3n) is 5.83. The number of nitrogens with zero attached hydrogens (tertiary/aromatic N) is 1. The molecule has 0 unspecified atom stereocenters. The monoisotopic (exact) mass is 401 g/mol. The number of esters is 1. The summed E-state index contributed by atoms with van der Waals surface area (Å²) in [7, 11) is 0. The summed E-state index contributed by atoms with van der Waals surface area (Å²) < 4.78 is 4.99. The standard InChI is InChI=1S/C21H27N3O5/c1-3-15-9-4-5-10-16(15)22-17(25)13-29-18(26)12-24-19(27)21(23-20(24)28)11-7-6-8-14(21)2/h4-5,9-10,14H,3,6-8,11-13H2,1-2H3,(H,22,25)(H,23,28)/t14-,21+/m1/s1. The topological polar surface area (TPSA) is 105 Å². The molecule has 1 saturated heterocycles. The number of ether oxygens (including phenoxy) is 1. The van der Waals surface area contributed by atoms with Crippen LogP contribution in [0.15, 0.2) is 24.3 Å². The molecule has 2 atom stereocenters. The van der Waals surface area contributed by atoms with Gasteiger partial charge in [-0.25, -0.2) is 4.79 Å². The molecule has 0 aromatic heterocycles. The van der Waals surface area contributed by atoms with E-state index in [9.17, 15) is 19.2 Å². The predicted molar refractivity (Wildman–Crippen MR) is 106 cm³/mol. The van der Waals surface area contributed by atoms with Crippen LogP contribution in [0.25, 0.3) is 0 Å². The van der Waals surface area contributed by atoms with Gasteiger partial charge in [-0.05, 0) is 36.8 Å². The number of anilines is 1. The van der Waals surface area contributed by atoms with Crippen LogP contribution in [0.4, 0.5) is 10.5 Å². The minimum atomic E-state index is -0.920. The van der Waals surface area contributed by atoms with Crippen molar-refractivity contribution in [3.05, 3.63) is 29.8 Å². The van der Waals surface area contributed by atoms with E-state index in [0.29, 0.717) is 12.1 Å². The maximum Gasteiger partial charge on any atom is 0.326 e. The highest BCUT2D eigenvalue weighted by Crippen LogP contribution is 2.38. The minimum absolute atomic E-state index is 0.0122. The molecule has 1 spiro atoms. The van der Waals surface area contributed by atoms with Crippen LogP contribution >= 0.6 is 0 Å². The second-order valence-corrected chi connectivity index (χ2v) is 7.66. The molecule has 8 nitrogen and oxygen atoms in total. The minimum Gasteiger partial charge on any atom is -0.454 e. The highest BCUT2D eigenvalue weighted by molar-refractivity contribution is 6.09. The van der Waals surface area contributed by atoms with Gasteiger partial charge in [-0.3, -0.25) is 19.3 Å². The molecule has 2 fully saturated rings. The molecule has 2 N–H and O–H groups in total. The van der Waals surface area contributed by atoms with E-state index in [1.54, 1.807) is 12.1 Å². The lowest BCUT2D eigenvalue weighted by atomic mass is 9.73. The number of hydrogen-bond acceptors (Lipinski definition) is 5. The molecule has 1 heterocycles. The molecule has 3 rings (SSSR count). The summed E-state index contributed by atoms with van der Waals surface area (Å²) >= 11 is 0. The van der Waals surface area contributed by atoms with Crippen LogP contribution in [-0.4, -0.2) is 47.4 Å². The highest BCUT2D eigenvalue weighted by Gasteiger charge is 2.55. The normalized spacial score (nSPS) is 23.8. The van der Waals surface area contributed by atoms with Gasteiger partial charge in [0.15, 0.2) is 6.61 Å². The van der Waals surface area contributed by atoms with Crippen LogP contribution < -0.4 is 10.6 Å². The lowest BCUT2D eigenvalue weighted by Crippen LogP contribution is -2.54. The summed E-state index contributed by atoms with van der Waals surface area (Å²) in [4.78, 5) is 50.3. The number of amides is 4. The van der Waals surface area contributed by atoms with Crippen molar-refractivity contribution >= 4 is 29.5 Å². The van der Waals surface area contributed by atoms with Crippen LogP contribution in [0.5, 0.6) is 0 Å². The molecule has 8 heteroatoms. The molecular formula is C21H27N3O5. The van der Waals surface area contributed by atoms with Crippen molar-refractivity contribution in [2.24, 2.45) is 5.92 Å². The Balaban J connectivity index is 1.53. The van der Waals surface area contributed by atoms with Gasteiger partial charge in [0.05, 0.1) is 0 Å². The van der Waals surface area contributed by atoms with Gasteiger partial charge < -0.3 is 15.4 Å². The third kappa shape index (κ3) is 4.26. The van der Waals surface area contributed by atoms with E-state index >= 15 is 0 Å². The van der Waals surface area contributed by atoms with Crippen LogP contribution in [0.3, 0.4) is 0 Å². The summed E-state index contributed by atoms with van der Waals surface area (Å²) in [6, 6.07) is 6.78. The first kappa shape index (κ1) is 20.8. The number of aryl methyl sites for hydroxylation is 1. The molecule has 29 heavy (non-hydrogen) atoms. The average molecular weight is 401 g/mol. The van der Waals surface area contributed by atoms with Gasteiger partial charge in [0.2, 0.25) is 0 Å². The number of carbonyl (C=O) groups excluding carboxylic acids is 4. The fraction of sp³-hybridized carbons (Fsp3) is 0.524. The third-order valence-corrected chi connectivity index (χ3v) is 5.83. The summed E-state index contributed by atoms with van der Waals surface area (Å²) in [5.41, 5.74) is 0.716. The van der Waals surface area contributed by atoms with Gasteiger partial charge in [-0.1, -0.05) is 44.9 Å². The fourth-order valence-electron chi connectivity index (χ4n) is 4.10. The molecule has 2 aliphatic rings. The Hall–Kier alpha value is -2.90. The molecule has 0 bridgehead atoms. The molecule has 1 aliphatic heterocycles. The SMILES string of the molecule is CCc1ccccc1NC(=O)COC(=O)CN1C(=O)N[C@]2(CCCC[C@H]2C)C1=O. The van der Waals surface area contributed by atoms with Crippen LogP contribution in [0.2, 0.25) is 0 Å². The van der Waals surface area contributed by atoms with Crippen LogP contribution in [-0.2, 0) is 25.5 Å². The Labute approximate surface area is 170 Å². The van der Waals surface area contributed by atoms with Crippen LogP contribution in [0.1, 0.15) is 45.1 Å². The average Bonchev–Trinajstić information content (AvgIpc) is 2.94. The Morgan fingerprint density at radius 3 is 2.76 bits per heavy atom. The molecule has 1 aliphatic carbocycles. The first-order valence-corrected chi connectivity index (χ1v) is 10.0. The zero-order valence-corrected chi connectivity index (χ0v) is 16.8. The van der Waals surface area contributed by atoms with Crippen molar-refractivity contribution in [2.45, 2.75) is 51.5 Å². The second-order valence-electron chi connectivity index (χ2n) is 7.66. The number of benzene rings is 1. The lowest BCUT2D eigenvalue weighted by molar-refractivity contribution is -0.150. The van der Waals surface area contributed by atoms with Gasteiger partial charge in [0, 0.05) is 5.69 Å². The van der Waals surface area contributed by atoms with Crippen molar-refractivity contribution < 1.29 is 23.9 Å². The maximum absolute atomic E-state index is 12.8. The number of rotatable bonds is 6. The zero-order chi connectivity index (χ0) is 21.0. The lowest BCUT2D eigenvalue weighted by Gasteiger charge is -2.36. The molecule has 0 radical (unpaired) electrons.